The summed E-state index contributed by atoms with van der Waals surface area (Å²) >= 11 is 0. The van der Waals surface area contributed by atoms with Gasteiger partial charge in [-0.15, -0.1) is 0 Å². The molecule has 0 atom stereocenters. The first-order valence-corrected chi connectivity index (χ1v) is 11.7. The van der Waals surface area contributed by atoms with Crippen LogP contribution in [0.1, 0.15) is 98.3 Å². The first-order chi connectivity index (χ1) is 13.5. The van der Waals surface area contributed by atoms with Gasteiger partial charge in [0.15, 0.2) is 0 Å². The molecule has 3 fully saturated rings. The van der Waals surface area contributed by atoms with E-state index in [4.69, 9.17) is 0 Å². The van der Waals surface area contributed by atoms with E-state index in [1.165, 1.54) is 62.5 Å². The third-order valence-corrected chi connectivity index (χ3v) is 8.69. The normalized spacial score (nSPS) is 35.1. The van der Waals surface area contributed by atoms with Crippen LogP contribution in [-0.4, -0.2) is 0 Å². The van der Waals surface area contributed by atoms with Gasteiger partial charge in [0.1, 0.15) is 0 Å². The molecule has 2 aromatic rings. The summed E-state index contributed by atoms with van der Waals surface area (Å²) in [4.78, 5) is 0. The number of hydrogen-bond acceptors (Lipinski definition) is 0. The minimum absolute atomic E-state index is 0.720. The van der Waals surface area contributed by atoms with E-state index < -0.39 is 0 Å². The number of aryl methyl sites for hydroxylation is 2. The van der Waals surface area contributed by atoms with Gasteiger partial charge >= 0.3 is 0 Å². The maximum Gasteiger partial charge on any atom is -0.0162 e. The topological polar surface area (TPSA) is 0 Å². The lowest BCUT2D eigenvalue weighted by Crippen LogP contribution is -2.49. The highest BCUT2D eigenvalue weighted by molar-refractivity contribution is 5.27. The lowest BCUT2D eigenvalue weighted by atomic mass is 9.44. The molecule has 0 nitrogen and oxygen atoms in total. The van der Waals surface area contributed by atoms with E-state index >= 15 is 0 Å². The fourth-order valence-corrected chi connectivity index (χ4v) is 7.05. The fraction of sp³-hybridized carbons (Fsp3) is 0.571. The van der Waals surface area contributed by atoms with Crippen molar-refractivity contribution in [3.8, 4) is 0 Å². The van der Waals surface area contributed by atoms with Crippen LogP contribution in [0.3, 0.4) is 0 Å². The second-order valence-corrected chi connectivity index (χ2v) is 10.7. The van der Waals surface area contributed by atoms with Gasteiger partial charge in [0.25, 0.3) is 0 Å². The minimum Gasteiger partial charge on any atom is -0.0590 e. The van der Waals surface area contributed by atoms with Gasteiger partial charge in [-0.3, -0.25) is 0 Å². The maximum absolute atomic E-state index is 2.38. The minimum atomic E-state index is 0.720. The molecule has 0 amide bonds. The lowest BCUT2D eigenvalue weighted by molar-refractivity contribution is -0.0925. The van der Waals surface area contributed by atoms with Crippen molar-refractivity contribution in [1.82, 2.24) is 0 Å². The zero-order valence-corrected chi connectivity index (χ0v) is 17.8. The molecule has 3 aliphatic rings. The molecule has 0 bridgehead atoms. The Labute approximate surface area is 171 Å². The Bertz CT molecular complexity index is 715. The molecule has 0 aromatic heterocycles. The standard InChI is InChI=1S/C28H36/c1-21-3-7-23(8-4-21)25-11-15-27(16-12-25)19-28(20-27)17-13-26(14-18-28)24-9-5-22(2)6-10-24/h3-10,25-26H,11-20H2,1-2H3. The van der Waals surface area contributed by atoms with Crippen LogP contribution in [0, 0.1) is 24.7 Å². The Kier molecular flexibility index (Phi) is 4.65. The maximum atomic E-state index is 2.38. The highest BCUT2D eigenvalue weighted by Gasteiger charge is 2.55. The Morgan fingerprint density at radius 1 is 0.536 bits per heavy atom. The molecule has 0 N–H and O–H groups in total. The van der Waals surface area contributed by atoms with Crippen molar-refractivity contribution in [2.75, 3.05) is 0 Å². The molecule has 148 valence electrons. The van der Waals surface area contributed by atoms with Gasteiger partial charge in [0.05, 0.1) is 0 Å². The molecule has 0 radical (unpaired) electrons. The van der Waals surface area contributed by atoms with Crippen molar-refractivity contribution in [2.24, 2.45) is 10.8 Å². The summed E-state index contributed by atoms with van der Waals surface area (Å²) in [5, 5.41) is 0. The number of hydrogen-bond donors (Lipinski definition) is 0. The molecule has 0 heterocycles. The van der Waals surface area contributed by atoms with Crippen molar-refractivity contribution in [1.29, 1.82) is 0 Å². The number of benzene rings is 2. The average Bonchev–Trinajstić information content (AvgIpc) is 2.70. The number of rotatable bonds is 2. The van der Waals surface area contributed by atoms with E-state index in [1.54, 1.807) is 24.0 Å². The summed E-state index contributed by atoms with van der Waals surface area (Å²) in [5.41, 5.74) is 7.40. The van der Waals surface area contributed by atoms with Crippen LogP contribution in [0.15, 0.2) is 48.5 Å². The van der Waals surface area contributed by atoms with Crippen LogP contribution in [0.5, 0.6) is 0 Å². The molecule has 0 saturated heterocycles. The summed E-state index contributed by atoms with van der Waals surface area (Å²) < 4.78 is 0. The van der Waals surface area contributed by atoms with E-state index in [1.807, 2.05) is 0 Å². The quantitative estimate of drug-likeness (QED) is 0.499. The first kappa shape index (κ1) is 18.5. The second-order valence-electron chi connectivity index (χ2n) is 10.7. The smallest absolute Gasteiger partial charge is 0.0162 e. The molecule has 0 unspecified atom stereocenters. The van der Waals surface area contributed by atoms with E-state index in [9.17, 15) is 0 Å². The molecule has 28 heavy (non-hydrogen) atoms. The zero-order chi connectivity index (χ0) is 19.2. The third-order valence-electron chi connectivity index (χ3n) is 8.69. The highest BCUT2D eigenvalue weighted by Crippen LogP contribution is 2.67. The molecule has 0 heteroatoms. The van der Waals surface area contributed by atoms with E-state index in [0.717, 1.165) is 22.7 Å². The van der Waals surface area contributed by atoms with Crippen molar-refractivity contribution >= 4 is 0 Å². The van der Waals surface area contributed by atoms with Crippen LogP contribution < -0.4 is 0 Å². The summed E-state index contributed by atoms with van der Waals surface area (Å²) in [7, 11) is 0. The Morgan fingerprint density at radius 3 is 1.18 bits per heavy atom. The molecule has 2 aromatic carbocycles. The molecule has 3 aliphatic carbocycles. The molecular formula is C28H36. The third kappa shape index (κ3) is 3.44. The lowest BCUT2D eigenvalue weighted by Gasteiger charge is -2.61. The Balaban J connectivity index is 1.15. The van der Waals surface area contributed by atoms with Gasteiger partial charge in [-0.2, -0.15) is 0 Å². The van der Waals surface area contributed by atoms with E-state index in [2.05, 4.69) is 62.4 Å². The summed E-state index contributed by atoms with van der Waals surface area (Å²) in [6.07, 6.45) is 14.7. The van der Waals surface area contributed by atoms with E-state index in [-0.39, 0.29) is 0 Å². The predicted molar refractivity (Wildman–Crippen MR) is 119 cm³/mol. The SMILES string of the molecule is Cc1ccc(C2CCC3(CC2)CC2(CCC(c4ccc(C)cc4)CC2)C3)cc1. The van der Waals surface area contributed by atoms with Gasteiger partial charge in [0.2, 0.25) is 0 Å². The summed E-state index contributed by atoms with van der Waals surface area (Å²) in [5.74, 6) is 1.64. The van der Waals surface area contributed by atoms with Gasteiger partial charge in [0, 0.05) is 0 Å². The summed E-state index contributed by atoms with van der Waals surface area (Å²) in [6.45, 7) is 4.39. The second kappa shape index (κ2) is 7.05. The molecular weight excluding hydrogens is 336 g/mol. The van der Waals surface area contributed by atoms with Crippen LogP contribution in [0.25, 0.3) is 0 Å². The molecule has 3 saturated carbocycles. The summed E-state index contributed by atoms with van der Waals surface area (Å²) in [6, 6.07) is 18.7. The molecule has 5 rings (SSSR count). The van der Waals surface area contributed by atoms with Gasteiger partial charge in [-0.05, 0) is 112 Å². The van der Waals surface area contributed by atoms with Gasteiger partial charge in [-0.25, -0.2) is 0 Å². The van der Waals surface area contributed by atoms with Crippen molar-refractivity contribution in [2.45, 2.75) is 89.9 Å². The Hall–Kier alpha value is -1.56. The zero-order valence-electron chi connectivity index (χ0n) is 17.8. The van der Waals surface area contributed by atoms with Gasteiger partial charge < -0.3 is 0 Å². The highest BCUT2D eigenvalue weighted by atomic mass is 14.6. The van der Waals surface area contributed by atoms with Crippen LogP contribution >= 0.6 is 0 Å². The van der Waals surface area contributed by atoms with E-state index in [0.29, 0.717) is 0 Å². The first-order valence-electron chi connectivity index (χ1n) is 11.7. The van der Waals surface area contributed by atoms with Crippen molar-refractivity contribution in [3.63, 3.8) is 0 Å². The van der Waals surface area contributed by atoms with Crippen molar-refractivity contribution in [3.05, 3.63) is 70.8 Å². The fourth-order valence-electron chi connectivity index (χ4n) is 7.05. The van der Waals surface area contributed by atoms with Crippen LogP contribution in [0.2, 0.25) is 0 Å². The van der Waals surface area contributed by atoms with Crippen LogP contribution in [0.4, 0.5) is 0 Å². The average molecular weight is 373 g/mol. The van der Waals surface area contributed by atoms with Crippen LogP contribution in [-0.2, 0) is 0 Å². The molecule has 0 aliphatic heterocycles. The predicted octanol–water partition coefficient (Wildman–Crippen LogP) is 8.09. The largest absolute Gasteiger partial charge is 0.0590 e. The Morgan fingerprint density at radius 2 is 0.857 bits per heavy atom. The van der Waals surface area contributed by atoms with Crippen molar-refractivity contribution < 1.29 is 0 Å². The monoisotopic (exact) mass is 372 g/mol. The van der Waals surface area contributed by atoms with Gasteiger partial charge in [-0.1, -0.05) is 59.7 Å². The molecule has 2 spiro atoms.